The first-order valence-electron chi connectivity index (χ1n) is 11.3. The van der Waals surface area contributed by atoms with Gasteiger partial charge in [-0.25, -0.2) is 9.97 Å². The summed E-state index contributed by atoms with van der Waals surface area (Å²) in [6, 6.07) is 8.65. The fourth-order valence-electron chi connectivity index (χ4n) is 2.64. The second-order valence-electron chi connectivity index (χ2n) is 8.11. The molecule has 5 rings (SSSR count). The first-order chi connectivity index (χ1) is 16.4. The number of nitrogens with zero attached hydrogens (tertiary/aromatic N) is 2. The van der Waals surface area contributed by atoms with E-state index in [1.54, 1.807) is 45.3 Å². The Morgan fingerprint density at radius 1 is 0.457 bits per heavy atom. The van der Waals surface area contributed by atoms with Crippen molar-refractivity contribution in [3.8, 4) is 0 Å². The molecule has 190 valence electrons. The van der Waals surface area contributed by atoms with E-state index in [1.165, 1.54) is 40.4 Å². The van der Waals surface area contributed by atoms with Gasteiger partial charge in [0.15, 0.2) is 0 Å². The van der Waals surface area contributed by atoms with E-state index < -0.39 is 0 Å². The molecule has 7 heteroatoms. The molecular weight excluding hydrogens is 525 g/mol. The SMILES string of the molecule is Cc1ccc(C)s1.Cc1cnc(C)s1.Cc1cnc(C)s1.Cc1csc(C)c1.Cc1csc(C)c1. The lowest BCUT2D eigenvalue weighted by Gasteiger charge is -1.71. The molecule has 0 aliphatic carbocycles. The van der Waals surface area contributed by atoms with Crippen molar-refractivity contribution in [1.82, 2.24) is 9.97 Å². The van der Waals surface area contributed by atoms with Crippen LogP contribution >= 0.6 is 56.7 Å². The van der Waals surface area contributed by atoms with Crippen molar-refractivity contribution in [3.05, 3.63) is 97.8 Å². The zero-order valence-corrected chi connectivity index (χ0v) is 26.6. The van der Waals surface area contributed by atoms with Crippen LogP contribution in [0.1, 0.15) is 50.4 Å². The molecule has 0 N–H and O–H groups in total. The predicted molar refractivity (Wildman–Crippen MR) is 165 cm³/mol. The molecule has 0 aromatic carbocycles. The molecule has 0 aliphatic heterocycles. The van der Waals surface area contributed by atoms with E-state index in [9.17, 15) is 0 Å². The molecule has 5 aromatic heterocycles. The molecule has 0 spiro atoms. The van der Waals surface area contributed by atoms with E-state index in [-0.39, 0.29) is 0 Å². The Bertz CT molecular complexity index is 915. The maximum absolute atomic E-state index is 4.03. The van der Waals surface area contributed by atoms with Gasteiger partial charge in [-0.15, -0.1) is 56.7 Å². The van der Waals surface area contributed by atoms with E-state index >= 15 is 0 Å². The first-order valence-corrected chi connectivity index (χ1v) is 15.5. The van der Waals surface area contributed by atoms with E-state index in [4.69, 9.17) is 0 Å². The number of aromatic nitrogens is 2. The van der Waals surface area contributed by atoms with Crippen LogP contribution in [0.2, 0.25) is 0 Å². The summed E-state index contributed by atoms with van der Waals surface area (Å²) >= 11 is 8.91. The van der Waals surface area contributed by atoms with Gasteiger partial charge in [0, 0.05) is 41.7 Å². The smallest absolute Gasteiger partial charge is 0.0896 e. The molecule has 0 saturated heterocycles. The summed E-state index contributed by atoms with van der Waals surface area (Å²) in [5, 5.41) is 6.63. The van der Waals surface area contributed by atoms with Crippen molar-refractivity contribution in [2.75, 3.05) is 0 Å². The van der Waals surface area contributed by atoms with Gasteiger partial charge in [-0.05, 0) is 115 Å². The molecule has 5 heterocycles. The second-order valence-corrected chi connectivity index (χ2v) is 14.7. The molecule has 2 nitrogen and oxygen atoms in total. The highest BCUT2D eigenvalue weighted by Crippen LogP contribution is 2.13. The number of hydrogen-bond acceptors (Lipinski definition) is 7. The summed E-state index contributed by atoms with van der Waals surface area (Å²) in [6.45, 7) is 20.9. The maximum atomic E-state index is 4.03. The van der Waals surface area contributed by atoms with E-state index in [2.05, 4.69) is 100 Å². The first kappa shape index (κ1) is 31.4. The molecule has 0 aliphatic rings. The second kappa shape index (κ2) is 16.9. The van der Waals surface area contributed by atoms with Gasteiger partial charge in [-0.3, -0.25) is 0 Å². The molecule has 0 bridgehead atoms. The lowest BCUT2D eigenvalue weighted by Crippen LogP contribution is -1.57. The Hall–Kier alpha value is -1.64. The number of thiophene rings is 3. The summed E-state index contributed by atoms with van der Waals surface area (Å²) in [7, 11) is 0. The largest absolute Gasteiger partial charge is 0.250 e. The Kier molecular flexibility index (Phi) is 15.2. The van der Waals surface area contributed by atoms with Crippen LogP contribution in [-0.2, 0) is 0 Å². The predicted octanol–water partition coefficient (Wildman–Crippen LogP) is 10.6. The van der Waals surface area contributed by atoms with Gasteiger partial charge in [-0.2, -0.15) is 0 Å². The minimum absolute atomic E-state index is 1.15. The lowest BCUT2D eigenvalue weighted by atomic mass is 10.4. The van der Waals surface area contributed by atoms with Gasteiger partial charge >= 0.3 is 0 Å². The molecule has 0 radical (unpaired) electrons. The quantitative estimate of drug-likeness (QED) is 0.188. The minimum Gasteiger partial charge on any atom is -0.250 e. The Balaban J connectivity index is 0.000000219. The van der Waals surface area contributed by atoms with Gasteiger partial charge in [0.2, 0.25) is 0 Å². The van der Waals surface area contributed by atoms with Gasteiger partial charge in [0.05, 0.1) is 10.0 Å². The fraction of sp³-hybridized carbons (Fsp3) is 0.357. The van der Waals surface area contributed by atoms with Gasteiger partial charge in [0.25, 0.3) is 0 Å². The minimum atomic E-state index is 1.15. The molecule has 0 fully saturated rings. The normalized spacial score (nSPS) is 9.43. The van der Waals surface area contributed by atoms with Crippen LogP contribution in [0.3, 0.4) is 0 Å². The van der Waals surface area contributed by atoms with Gasteiger partial charge < -0.3 is 0 Å². The zero-order valence-electron chi connectivity index (χ0n) is 22.6. The summed E-state index contributed by atoms with van der Waals surface area (Å²) in [5.41, 5.74) is 2.75. The van der Waals surface area contributed by atoms with Crippen LogP contribution in [0.15, 0.2) is 47.4 Å². The number of hydrogen-bond donors (Lipinski definition) is 0. The van der Waals surface area contributed by atoms with Crippen molar-refractivity contribution < 1.29 is 0 Å². The van der Waals surface area contributed by atoms with Crippen LogP contribution in [-0.4, -0.2) is 9.97 Å². The van der Waals surface area contributed by atoms with Crippen molar-refractivity contribution in [2.24, 2.45) is 0 Å². The highest BCUT2D eigenvalue weighted by atomic mass is 32.1. The summed E-state index contributed by atoms with van der Waals surface area (Å²) in [5.74, 6) is 0. The number of rotatable bonds is 0. The summed E-state index contributed by atoms with van der Waals surface area (Å²) < 4.78 is 0. The fourth-order valence-corrected chi connectivity index (χ4v) is 6.16. The number of thiazole rings is 2. The van der Waals surface area contributed by atoms with Crippen molar-refractivity contribution >= 4 is 56.7 Å². The molecule has 5 aromatic rings. The monoisotopic (exact) mass is 562 g/mol. The summed E-state index contributed by atoms with van der Waals surface area (Å²) in [6.07, 6.45) is 3.78. The average Bonchev–Trinajstić information content (AvgIpc) is 3.59. The Morgan fingerprint density at radius 3 is 0.914 bits per heavy atom. The Labute approximate surface area is 232 Å². The highest BCUT2D eigenvalue weighted by Gasteiger charge is 1.87. The molecule has 0 saturated carbocycles. The van der Waals surface area contributed by atoms with E-state index in [0.717, 1.165) is 10.0 Å². The highest BCUT2D eigenvalue weighted by molar-refractivity contribution is 7.12. The van der Waals surface area contributed by atoms with Crippen LogP contribution in [0.25, 0.3) is 0 Å². The zero-order chi connectivity index (χ0) is 26.4. The van der Waals surface area contributed by atoms with E-state index in [0.29, 0.717) is 0 Å². The van der Waals surface area contributed by atoms with Crippen molar-refractivity contribution in [1.29, 1.82) is 0 Å². The summed E-state index contributed by atoms with van der Waals surface area (Å²) in [4.78, 5) is 16.2. The van der Waals surface area contributed by atoms with Gasteiger partial charge in [0.1, 0.15) is 0 Å². The standard InChI is InChI=1S/3C6H8S.2C5H7NS/c2*1-5-3-6(2)7-4-5;1-5-3-4-6(2)7-5;2*1-4-3-6-5(2)7-4/h3*3-4H,1-2H3;2*3H,1-2H3. The molecule has 35 heavy (non-hydrogen) atoms. The van der Waals surface area contributed by atoms with Crippen LogP contribution in [0, 0.1) is 69.2 Å². The Morgan fingerprint density at radius 2 is 0.829 bits per heavy atom. The van der Waals surface area contributed by atoms with Crippen LogP contribution < -0.4 is 0 Å². The molecular formula is C28H38N2S5. The van der Waals surface area contributed by atoms with Crippen LogP contribution in [0.5, 0.6) is 0 Å². The topological polar surface area (TPSA) is 25.8 Å². The third-order valence-electron chi connectivity index (χ3n) is 4.07. The van der Waals surface area contributed by atoms with Crippen molar-refractivity contribution in [3.63, 3.8) is 0 Å². The molecule has 0 atom stereocenters. The lowest BCUT2D eigenvalue weighted by molar-refractivity contribution is 1.28. The maximum Gasteiger partial charge on any atom is 0.0896 e. The number of aryl methyl sites for hydroxylation is 10. The van der Waals surface area contributed by atoms with Gasteiger partial charge in [-0.1, -0.05) is 0 Å². The average molecular weight is 563 g/mol. The molecule has 0 amide bonds. The third kappa shape index (κ3) is 15.9. The third-order valence-corrected chi connectivity index (χ3v) is 8.60. The molecule has 0 unspecified atom stereocenters. The van der Waals surface area contributed by atoms with E-state index in [1.807, 2.05) is 37.6 Å². The van der Waals surface area contributed by atoms with Crippen molar-refractivity contribution in [2.45, 2.75) is 69.2 Å². The van der Waals surface area contributed by atoms with Crippen LogP contribution in [0.4, 0.5) is 0 Å².